The maximum Gasteiger partial charge on any atom is 0.224 e. The highest BCUT2D eigenvalue weighted by molar-refractivity contribution is 7.80. The minimum Gasteiger partial charge on any atom is -0.382 e. The van der Waals surface area contributed by atoms with E-state index < -0.39 is 0 Å². The highest BCUT2D eigenvalue weighted by Crippen LogP contribution is 2.12. The average Bonchev–Trinajstić information content (AvgIpc) is 2.53. The van der Waals surface area contributed by atoms with Gasteiger partial charge in [-0.1, -0.05) is 6.92 Å². The van der Waals surface area contributed by atoms with Crippen LogP contribution in [-0.2, 0) is 0 Å². The lowest BCUT2D eigenvalue weighted by Crippen LogP contribution is -1.99. The Hall–Kier alpha value is -1.50. The lowest BCUT2D eigenvalue weighted by molar-refractivity contribution is 1.22. The molecule has 0 saturated heterocycles. The monoisotopic (exact) mass is 212 g/mol. The van der Waals surface area contributed by atoms with Gasteiger partial charge >= 0.3 is 0 Å². The SMILES string of the molecule is CCS.Nc1nc(N)c2nc[nH]c2n1. The largest absolute Gasteiger partial charge is 0.382 e. The van der Waals surface area contributed by atoms with E-state index >= 15 is 0 Å². The van der Waals surface area contributed by atoms with Crippen molar-refractivity contribution in [2.75, 3.05) is 17.2 Å². The fraction of sp³-hybridized carbons (Fsp3) is 0.286. The predicted octanol–water partition coefficient (Wildman–Crippen LogP) is 0.453. The van der Waals surface area contributed by atoms with E-state index in [1.54, 1.807) is 0 Å². The topological polar surface area (TPSA) is 106 Å². The summed E-state index contributed by atoms with van der Waals surface area (Å²) in [5, 5.41) is 0. The highest BCUT2D eigenvalue weighted by Gasteiger charge is 2.03. The standard InChI is InChI=1S/C5H6N6.C2H6S/c6-3-2-4(9-1-8-2)11-5(7)10-3;1-2-3/h1H,(H5,6,7,8,9,10,11);3H,2H2,1H3. The van der Waals surface area contributed by atoms with Gasteiger partial charge in [0.25, 0.3) is 0 Å². The number of nitrogens with two attached hydrogens (primary N) is 2. The lowest BCUT2D eigenvalue weighted by atomic mass is 10.5. The van der Waals surface area contributed by atoms with Crippen LogP contribution in [0.5, 0.6) is 0 Å². The molecule has 0 spiro atoms. The molecule has 6 nitrogen and oxygen atoms in total. The van der Waals surface area contributed by atoms with Gasteiger partial charge in [-0.25, -0.2) is 4.98 Å². The number of thiol groups is 1. The molecule has 2 rings (SSSR count). The van der Waals surface area contributed by atoms with E-state index in [1.165, 1.54) is 6.33 Å². The Morgan fingerprint density at radius 2 is 2.07 bits per heavy atom. The first-order valence-electron chi connectivity index (χ1n) is 4.02. The summed E-state index contributed by atoms with van der Waals surface area (Å²) in [7, 11) is 0. The smallest absolute Gasteiger partial charge is 0.224 e. The third-order valence-electron chi connectivity index (χ3n) is 1.32. The zero-order chi connectivity index (χ0) is 10.6. The molecule has 0 saturated carbocycles. The van der Waals surface area contributed by atoms with Gasteiger partial charge in [0.15, 0.2) is 11.5 Å². The third kappa shape index (κ3) is 2.25. The van der Waals surface area contributed by atoms with E-state index in [0.29, 0.717) is 17.0 Å². The Labute approximate surface area is 86.6 Å². The van der Waals surface area contributed by atoms with Crippen LogP contribution in [0.1, 0.15) is 6.92 Å². The van der Waals surface area contributed by atoms with Crippen molar-refractivity contribution in [2.45, 2.75) is 6.92 Å². The molecule has 2 aromatic heterocycles. The number of anilines is 2. The molecule has 0 radical (unpaired) electrons. The van der Waals surface area contributed by atoms with Crippen LogP contribution in [-0.4, -0.2) is 25.7 Å². The highest BCUT2D eigenvalue weighted by atomic mass is 32.1. The maximum atomic E-state index is 5.49. The molecule has 5 N–H and O–H groups in total. The number of hydrogen-bond acceptors (Lipinski definition) is 6. The number of H-pyrrole nitrogens is 1. The van der Waals surface area contributed by atoms with Crippen molar-refractivity contribution in [1.29, 1.82) is 0 Å². The summed E-state index contributed by atoms with van der Waals surface area (Å²) in [5.74, 6) is 1.40. The zero-order valence-electron chi connectivity index (χ0n) is 7.73. The lowest BCUT2D eigenvalue weighted by Gasteiger charge is -1.93. The van der Waals surface area contributed by atoms with Crippen molar-refractivity contribution in [3.63, 3.8) is 0 Å². The number of fused-ring (bicyclic) bond motifs is 1. The van der Waals surface area contributed by atoms with E-state index in [9.17, 15) is 0 Å². The molecule has 76 valence electrons. The number of nitrogens with one attached hydrogen (secondary N) is 1. The molecule has 0 aliphatic carbocycles. The number of aromatic nitrogens is 4. The van der Waals surface area contributed by atoms with Crippen LogP contribution >= 0.6 is 12.6 Å². The minimum atomic E-state index is 0.152. The fourth-order valence-corrected chi connectivity index (χ4v) is 0.876. The van der Waals surface area contributed by atoms with Crippen LogP contribution in [0.3, 0.4) is 0 Å². The Bertz CT molecular complexity index is 411. The molecule has 14 heavy (non-hydrogen) atoms. The molecule has 2 heterocycles. The molecule has 0 amide bonds. The average molecular weight is 212 g/mol. The summed E-state index contributed by atoms with van der Waals surface area (Å²) in [6, 6.07) is 0. The number of hydrogen-bond donors (Lipinski definition) is 4. The summed E-state index contributed by atoms with van der Waals surface area (Å²) in [4.78, 5) is 14.3. The normalized spacial score (nSPS) is 9.57. The second-order valence-corrected chi connectivity index (χ2v) is 3.02. The first-order chi connectivity index (χ1) is 6.69. The zero-order valence-corrected chi connectivity index (χ0v) is 8.62. The van der Waals surface area contributed by atoms with Gasteiger partial charge in [-0.05, 0) is 5.75 Å². The summed E-state index contributed by atoms with van der Waals surface area (Å²) in [6.07, 6.45) is 1.50. The first kappa shape index (κ1) is 10.6. The van der Waals surface area contributed by atoms with Crippen LogP contribution in [0.2, 0.25) is 0 Å². The van der Waals surface area contributed by atoms with Crippen LogP contribution in [0, 0.1) is 0 Å². The molecule has 0 aromatic carbocycles. The van der Waals surface area contributed by atoms with Crippen molar-refractivity contribution in [3.05, 3.63) is 6.33 Å². The molecule has 0 aliphatic heterocycles. The van der Waals surface area contributed by atoms with Crippen LogP contribution in [0.15, 0.2) is 6.33 Å². The van der Waals surface area contributed by atoms with Gasteiger partial charge in [-0.3, -0.25) is 0 Å². The molecule has 0 unspecified atom stereocenters. The van der Waals surface area contributed by atoms with Gasteiger partial charge in [-0.15, -0.1) is 0 Å². The second kappa shape index (κ2) is 4.66. The molecule has 0 bridgehead atoms. The van der Waals surface area contributed by atoms with Crippen molar-refractivity contribution in [2.24, 2.45) is 0 Å². The molecule has 0 aliphatic rings. The second-order valence-electron chi connectivity index (χ2n) is 2.38. The molecular formula is C7H12N6S. The number of nitrogen functional groups attached to an aromatic ring is 2. The first-order valence-corrected chi connectivity index (χ1v) is 4.65. The number of nitrogens with zero attached hydrogens (tertiary/aromatic N) is 3. The summed E-state index contributed by atoms with van der Waals surface area (Å²) >= 11 is 3.79. The Balaban J connectivity index is 0.000000293. The molecule has 2 aromatic rings. The molecule has 0 fully saturated rings. The Morgan fingerprint density at radius 3 is 2.71 bits per heavy atom. The predicted molar refractivity (Wildman–Crippen MR) is 60.0 cm³/mol. The van der Waals surface area contributed by atoms with Crippen LogP contribution in [0.4, 0.5) is 11.8 Å². The van der Waals surface area contributed by atoms with E-state index in [2.05, 4.69) is 32.6 Å². The van der Waals surface area contributed by atoms with Gasteiger partial charge in [0.05, 0.1) is 6.33 Å². The third-order valence-corrected chi connectivity index (χ3v) is 1.32. The summed E-state index contributed by atoms with van der Waals surface area (Å²) in [5.41, 5.74) is 11.9. The van der Waals surface area contributed by atoms with E-state index in [1.807, 2.05) is 6.92 Å². The number of imidazole rings is 1. The van der Waals surface area contributed by atoms with Crippen LogP contribution in [0.25, 0.3) is 11.2 Å². The Morgan fingerprint density at radius 1 is 1.43 bits per heavy atom. The molecular weight excluding hydrogens is 200 g/mol. The summed E-state index contributed by atoms with van der Waals surface area (Å²) < 4.78 is 0. The van der Waals surface area contributed by atoms with Gasteiger partial charge in [0.2, 0.25) is 5.95 Å². The van der Waals surface area contributed by atoms with E-state index in [0.717, 1.165) is 5.75 Å². The van der Waals surface area contributed by atoms with Gasteiger partial charge in [-0.2, -0.15) is 22.6 Å². The fourth-order valence-electron chi connectivity index (χ4n) is 0.876. The van der Waals surface area contributed by atoms with Crippen molar-refractivity contribution in [3.8, 4) is 0 Å². The van der Waals surface area contributed by atoms with Crippen molar-refractivity contribution in [1.82, 2.24) is 19.9 Å². The molecule has 7 heteroatoms. The number of aromatic amines is 1. The molecule has 0 atom stereocenters. The van der Waals surface area contributed by atoms with Gasteiger partial charge in [0.1, 0.15) is 5.52 Å². The van der Waals surface area contributed by atoms with Crippen molar-refractivity contribution >= 4 is 35.6 Å². The van der Waals surface area contributed by atoms with E-state index in [4.69, 9.17) is 11.5 Å². The number of rotatable bonds is 0. The van der Waals surface area contributed by atoms with Crippen molar-refractivity contribution < 1.29 is 0 Å². The van der Waals surface area contributed by atoms with E-state index in [-0.39, 0.29) is 5.95 Å². The quantitative estimate of drug-likeness (QED) is 0.474. The Kier molecular flexibility index (Phi) is 3.52. The maximum absolute atomic E-state index is 5.49. The summed E-state index contributed by atoms with van der Waals surface area (Å²) in [6.45, 7) is 1.99. The van der Waals surface area contributed by atoms with Gasteiger partial charge in [0, 0.05) is 0 Å². The van der Waals surface area contributed by atoms with Crippen LogP contribution < -0.4 is 11.5 Å². The minimum absolute atomic E-state index is 0.152. The van der Waals surface area contributed by atoms with Gasteiger partial charge < -0.3 is 16.5 Å².